The first-order valence-corrected chi connectivity index (χ1v) is 10.1. The maximum atomic E-state index is 12.4. The van der Waals surface area contributed by atoms with Crippen molar-refractivity contribution in [3.05, 3.63) is 48.5 Å². The van der Waals surface area contributed by atoms with E-state index in [2.05, 4.69) is 24.1 Å². The molecule has 0 unspecified atom stereocenters. The van der Waals surface area contributed by atoms with Gasteiger partial charge in [-0.2, -0.15) is 0 Å². The molecule has 0 fully saturated rings. The van der Waals surface area contributed by atoms with Crippen molar-refractivity contribution in [1.82, 2.24) is 0 Å². The van der Waals surface area contributed by atoms with Crippen LogP contribution in [0.1, 0.15) is 34.1 Å². The summed E-state index contributed by atoms with van der Waals surface area (Å²) in [6.45, 7) is 10.4. The molecule has 2 aromatic rings. The maximum absolute atomic E-state index is 12.4. The summed E-state index contributed by atoms with van der Waals surface area (Å²) in [5.74, 6) is 0.522. The predicted molar refractivity (Wildman–Crippen MR) is 119 cm³/mol. The first-order valence-electron chi connectivity index (χ1n) is 10.1. The number of nitrogens with one attached hydrogen (secondary N) is 1. The summed E-state index contributed by atoms with van der Waals surface area (Å²) in [5.41, 5.74) is 2.63. The lowest BCUT2D eigenvalue weighted by Gasteiger charge is -2.22. The van der Waals surface area contributed by atoms with Gasteiger partial charge >= 0.3 is 0 Å². The van der Waals surface area contributed by atoms with Gasteiger partial charge in [-0.15, -0.1) is 0 Å². The maximum Gasteiger partial charge on any atom is 0.226 e. The molecule has 0 aromatic heterocycles. The van der Waals surface area contributed by atoms with Crippen LogP contribution in [0.3, 0.4) is 0 Å². The number of hydrogen-bond acceptors (Lipinski definition) is 4. The Hall–Kier alpha value is -3.02. The molecule has 0 aliphatic heterocycles. The van der Waals surface area contributed by atoms with E-state index < -0.39 is 0 Å². The van der Waals surface area contributed by atoms with Crippen LogP contribution in [0.5, 0.6) is 5.75 Å². The highest BCUT2D eigenvalue weighted by Crippen LogP contribution is 2.21. The first kappa shape index (κ1) is 22.3. The highest BCUT2D eigenvalue weighted by atomic mass is 16.5. The smallest absolute Gasteiger partial charge is 0.226 e. The van der Waals surface area contributed by atoms with Gasteiger partial charge < -0.3 is 19.9 Å². The molecule has 2 rings (SSSR count). The molecule has 156 valence electrons. The monoisotopic (exact) mass is 397 g/mol. The van der Waals surface area contributed by atoms with Crippen LogP contribution in [-0.2, 0) is 9.59 Å². The van der Waals surface area contributed by atoms with Gasteiger partial charge in [0, 0.05) is 50.0 Å². The minimum atomic E-state index is -0.127. The Bertz CT molecular complexity index is 784. The zero-order valence-electron chi connectivity index (χ0n) is 17.8. The number of carbonyl (C=O) groups excluding carboxylic acids is 2. The van der Waals surface area contributed by atoms with E-state index in [9.17, 15) is 9.59 Å². The van der Waals surface area contributed by atoms with Crippen LogP contribution in [0.4, 0.5) is 17.1 Å². The molecule has 6 nitrogen and oxygen atoms in total. The molecule has 0 radical (unpaired) electrons. The molecular weight excluding hydrogens is 366 g/mol. The predicted octanol–water partition coefficient (Wildman–Crippen LogP) is 4.31. The van der Waals surface area contributed by atoms with Crippen molar-refractivity contribution in [1.29, 1.82) is 0 Å². The Morgan fingerprint density at radius 1 is 0.897 bits per heavy atom. The molecule has 29 heavy (non-hydrogen) atoms. The topological polar surface area (TPSA) is 61.9 Å². The van der Waals surface area contributed by atoms with E-state index in [1.54, 1.807) is 4.90 Å². The van der Waals surface area contributed by atoms with Crippen molar-refractivity contribution in [2.75, 3.05) is 41.4 Å². The molecule has 0 aliphatic rings. The van der Waals surface area contributed by atoms with Crippen LogP contribution in [0, 0.1) is 0 Å². The third kappa shape index (κ3) is 6.52. The van der Waals surface area contributed by atoms with Crippen LogP contribution < -0.4 is 19.9 Å². The van der Waals surface area contributed by atoms with E-state index in [0.717, 1.165) is 35.9 Å². The Kier molecular flexibility index (Phi) is 8.52. The third-order valence-electron chi connectivity index (χ3n) is 4.68. The van der Waals surface area contributed by atoms with Gasteiger partial charge in [-0.25, -0.2) is 0 Å². The number of hydrogen-bond donors (Lipinski definition) is 1. The molecule has 2 amide bonds. The summed E-state index contributed by atoms with van der Waals surface area (Å²) in [6.07, 6.45) is 0.213. The molecule has 0 saturated heterocycles. The fourth-order valence-electron chi connectivity index (χ4n) is 3.14. The van der Waals surface area contributed by atoms with E-state index in [4.69, 9.17) is 4.74 Å². The summed E-state index contributed by atoms with van der Waals surface area (Å²) in [5, 5.41) is 2.90. The molecule has 0 aliphatic carbocycles. The minimum Gasteiger partial charge on any atom is -0.494 e. The number of ether oxygens (including phenoxy) is 1. The molecule has 0 spiro atoms. The first-order chi connectivity index (χ1) is 14.0. The highest BCUT2D eigenvalue weighted by Gasteiger charge is 2.14. The number of benzene rings is 2. The van der Waals surface area contributed by atoms with Gasteiger partial charge in [0.2, 0.25) is 11.8 Å². The summed E-state index contributed by atoms with van der Waals surface area (Å²) >= 11 is 0. The van der Waals surface area contributed by atoms with E-state index in [-0.39, 0.29) is 18.2 Å². The van der Waals surface area contributed by atoms with Gasteiger partial charge in [-0.3, -0.25) is 9.59 Å². The van der Waals surface area contributed by atoms with Gasteiger partial charge in [0.05, 0.1) is 6.61 Å². The zero-order valence-corrected chi connectivity index (χ0v) is 17.8. The van der Waals surface area contributed by atoms with Gasteiger partial charge in [0.1, 0.15) is 5.75 Å². The fourth-order valence-corrected chi connectivity index (χ4v) is 3.14. The van der Waals surface area contributed by atoms with Gasteiger partial charge in [0.25, 0.3) is 0 Å². The molecular formula is C23H31N3O3. The third-order valence-corrected chi connectivity index (χ3v) is 4.68. The minimum absolute atomic E-state index is 0.106. The van der Waals surface area contributed by atoms with E-state index in [1.807, 2.05) is 55.5 Å². The largest absolute Gasteiger partial charge is 0.494 e. The standard InChI is InChI=1S/C23H31N3O3/c1-5-25(6-2)20-10-8-19(9-11-20)24-23(28)16-17-26(18(4)27)21-12-14-22(15-13-21)29-7-3/h8-15H,5-7,16-17H2,1-4H3,(H,24,28). The quantitative estimate of drug-likeness (QED) is 0.649. The summed E-state index contributed by atoms with van der Waals surface area (Å²) < 4.78 is 5.43. The molecule has 0 heterocycles. The van der Waals surface area contributed by atoms with Crippen molar-refractivity contribution in [2.24, 2.45) is 0 Å². The number of carbonyl (C=O) groups is 2. The van der Waals surface area contributed by atoms with E-state index in [0.29, 0.717) is 13.2 Å². The number of anilines is 3. The normalized spacial score (nSPS) is 10.3. The van der Waals surface area contributed by atoms with Gasteiger partial charge in [0.15, 0.2) is 0 Å². The lowest BCUT2D eigenvalue weighted by Crippen LogP contribution is -2.31. The second kappa shape index (κ2) is 11.1. The van der Waals surface area contributed by atoms with Crippen molar-refractivity contribution < 1.29 is 14.3 Å². The number of amides is 2. The van der Waals surface area contributed by atoms with Crippen molar-refractivity contribution in [2.45, 2.75) is 34.1 Å². The Morgan fingerprint density at radius 3 is 2.00 bits per heavy atom. The lowest BCUT2D eigenvalue weighted by atomic mass is 10.2. The second-order valence-electron chi connectivity index (χ2n) is 6.61. The van der Waals surface area contributed by atoms with Crippen LogP contribution >= 0.6 is 0 Å². The van der Waals surface area contributed by atoms with Crippen LogP contribution in [0.2, 0.25) is 0 Å². The van der Waals surface area contributed by atoms with Crippen LogP contribution in [0.15, 0.2) is 48.5 Å². The zero-order chi connectivity index (χ0) is 21.2. The molecule has 0 bridgehead atoms. The SMILES string of the molecule is CCOc1ccc(N(CCC(=O)Nc2ccc(N(CC)CC)cc2)C(C)=O)cc1. The van der Waals surface area contributed by atoms with Crippen molar-refractivity contribution in [3.63, 3.8) is 0 Å². The van der Waals surface area contributed by atoms with Gasteiger partial charge in [-0.1, -0.05) is 0 Å². The van der Waals surface area contributed by atoms with E-state index >= 15 is 0 Å². The van der Waals surface area contributed by atoms with Gasteiger partial charge in [-0.05, 0) is 69.3 Å². The number of nitrogens with zero attached hydrogens (tertiary/aromatic N) is 2. The molecule has 1 N–H and O–H groups in total. The average Bonchev–Trinajstić information content (AvgIpc) is 2.71. The summed E-state index contributed by atoms with van der Waals surface area (Å²) in [4.78, 5) is 28.2. The average molecular weight is 398 g/mol. The van der Waals surface area contributed by atoms with Crippen LogP contribution in [0.25, 0.3) is 0 Å². The van der Waals surface area contributed by atoms with Crippen molar-refractivity contribution >= 4 is 28.9 Å². The highest BCUT2D eigenvalue weighted by molar-refractivity contribution is 5.94. The Balaban J connectivity index is 1.94. The fraction of sp³-hybridized carbons (Fsp3) is 0.391. The second-order valence-corrected chi connectivity index (χ2v) is 6.61. The van der Waals surface area contributed by atoms with Crippen LogP contribution in [-0.4, -0.2) is 38.1 Å². The lowest BCUT2D eigenvalue weighted by molar-refractivity contribution is -0.117. The molecule has 0 saturated carbocycles. The molecule has 0 atom stereocenters. The van der Waals surface area contributed by atoms with E-state index in [1.165, 1.54) is 6.92 Å². The van der Waals surface area contributed by atoms with Crippen molar-refractivity contribution in [3.8, 4) is 5.75 Å². The Morgan fingerprint density at radius 2 is 1.48 bits per heavy atom. The number of rotatable bonds is 10. The molecule has 6 heteroatoms. The molecule has 2 aromatic carbocycles. The Labute approximate surface area is 173 Å². The summed E-state index contributed by atoms with van der Waals surface area (Å²) in [6, 6.07) is 15.1. The summed E-state index contributed by atoms with van der Waals surface area (Å²) in [7, 11) is 0.